The number of anilines is 1. The molecule has 9 heteroatoms. The van der Waals surface area contributed by atoms with Gasteiger partial charge in [-0.3, -0.25) is 0 Å². The summed E-state index contributed by atoms with van der Waals surface area (Å²) in [7, 11) is -0.388. The van der Waals surface area contributed by atoms with Crippen LogP contribution in [-0.2, 0) is 10.0 Å². The van der Waals surface area contributed by atoms with Crippen molar-refractivity contribution < 1.29 is 17.9 Å². The van der Waals surface area contributed by atoms with E-state index in [2.05, 4.69) is 5.32 Å². The number of thiocarbonyl (C=S) groups is 1. The van der Waals surface area contributed by atoms with E-state index < -0.39 is 10.0 Å². The van der Waals surface area contributed by atoms with E-state index in [0.29, 0.717) is 42.8 Å². The van der Waals surface area contributed by atoms with Crippen LogP contribution in [0.1, 0.15) is 0 Å². The molecule has 7 nitrogen and oxygen atoms in total. The van der Waals surface area contributed by atoms with Crippen molar-refractivity contribution in [3.8, 4) is 11.5 Å². The van der Waals surface area contributed by atoms with Crippen molar-refractivity contribution in [1.29, 1.82) is 0 Å². The smallest absolute Gasteiger partial charge is 0.243 e. The fraction of sp³-hybridized carbons (Fsp3) is 0.316. The highest BCUT2D eigenvalue weighted by Crippen LogP contribution is 2.24. The lowest BCUT2D eigenvalue weighted by molar-refractivity contribution is 0.268. The lowest BCUT2D eigenvalue weighted by Gasteiger charge is -2.35. The van der Waals surface area contributed by atoms with Crippen molar-refractivity contribution in [1.82, 2.24) is 9.21 Å². The third-order valence-corrected chi connectivity index (χ3v) is 6.84. The van der Waals surface area contributed by atoms with Crippen LogP contribution in [-0.4, -0.2) is 63.1 Å². The predicted octanol–water partition coefficient (Wildman–Crippen LogP) is 2.41. The van der Waals surface area contributed by atoms with Crippen molar-refractivity contribution in [3.63, 3.8) is 0 Å². The first-order valence-electron chi connectivity index (χ1n) is 8.79. The Bertz CT molecular complexity index is 924. The van der Waals surface area contributed by atoms with Crippen LogP contribution >= 0.6 is 12.2 Å². The zero-order chi connectivity index (χ0) is 20.1. The van der Waals surface area contributed by atoms with E-state index in [9.17, 15) is 8.42 Å². The Morgan fingerprint density at radius 2 is 1.61 bits per heavy atom. The molecular weight excluding hydrogens is 398 g/mol. The van der Waals surface area contributed by atoms with Crippen molar-refractivity contribution in [2.45, 2.75) is 4.90 Å². The van der Waals surface area contributed by atoms with Crippen LogP contribution in [0, 0.1) is 0 Å². The summed E-state index contributed by atoms with van der Waals surface area (Å²) < 4.78 is 37.6. The molecule has 1 fully saturated rings. The number of ether oxygens (including phenoxy) is 2. The van der Waals surface area contributed by atoms with Crippen LogP contribution in [0.15, 0.2) is 53.4 Å². The Morgan fingerprint density at radius 3 is 2.21 bits per heavy atom. The Hall–Kier alpha value is -2.36. The van der Waals surface area contributed by atoms with Crippen molar-refractivity contribution in [3.05, 3.63) is 48.5 Å². The molecule has 0 spiro atoms. The number of nitrogens with one attached hydrogen (secondary N) is 1. The molecule has 2 aromatic carbocycles. The van der Waals surface area contributed by atoms with Gasteiger partial charge in [0.25, 0.3) is 0 Å². The van der Waals surface area contributed by atoms with Gasteiger partial charge in [-0.1, -0.05) is 12.1 Å². The van der Waals surface area contributed by atoms with E-state index in [1.807, 2.05) is 29.2 Å². The van der Waals surface area contributed by atoms with E-state index in [4.69, 9.17) is 21.7 Å². The first-order valence-corrected chi connectivity index (χ1v) is 10.6. The fourth-order valence-corrected chi connectivity index (χ4v) is 4.69. The van der Waals surface area contributed by atoms with Crippen molar-refractivity contribution >= 4 is 33.0 Å². The topological polar surface area (TPSA) is 71.1 Å². The average Bonchev–Trinajstić information content (AvgIpc) is 2.74. The Labute approximate surface area is 170 Å². The molecule has 0 aliphatic carbocycles. The van der Waals surface area contributed by atoms with Crippen LogP contribution in [0.4, 0.5) is 5.69 Å². The average molecular weight is 422 g/mol. The molecule has 0 atom stereocenters. The Balaban J connectivity index is 1.62. The second kappa shape index (κ2) is 8.76. The maximum absolute atomic E-state index is 12.8. The maximum Gasteiger partial charge on any atom is 0.243 e. The van der Waals surface area contributed by atoms with E-state index in [1.54, 1.807) is 38.5 Å². The number of sulfonamides is 1. The van der Waals surface area contributed by atoms with Gasteiger partial charge in [-0.2, -0.15) is 4.31 Å². The number of methoxy groups -OCH3 is 2. The summed E-state index contributed by atoms with van der Waals surface area (Å²) in [5, 5.41) is 3.73. The molecule has 0 saturated carbocycles. The summed E-state index contributed by atoms with van der Waals surface area (Å²) in [5.41, 5.74) is 0.781. The van der Waals surface area contributed by atoms with Gasteiger partial charge in [0.15, 0.2) is 5.11 Å². The van der Waals surface area contributed by atoms with Gasteiger partial charge in [-0.15, -0.1) is 0 Å². The maximum atomic E-state index is 12.8. The highest BCUT2D eigenvalue weighted by atomic mass is 32.2. The lowest BCUT2D eigenvalue weighted by Crippen LogP contribution is -2.51. The van der Waals surface area contributed by atoms with Crippen LogP contribution in [0.2, 0.25) is 0 Å². The van der Waals surface area contributed by atoms with Gasteiger partial charge in [-0.25, -0.2) is 8.42 Å². The molecule has 1 N–H and O–H groups in total. The number of hydrogen-bond acceptors (Lipinski definition) is 5. The molecule has 0 aromatic heterocycles. The molecule has 2 aromatic rings. The minimum atomic E-state index is -3.54. The third-order valence-electron chi connectivity index (χ3n) is 4.57. The molecule has 0 unspecified atom stereocenters. The molecular formula is C19H23N3O4S2. The second-order valence-corrected chi connectivity index (χ2v) is 8.52. The second-order valence-electron chi connectivity index (χ2n) is 6.20. The standard InChI is InChI=1S/C19H23N3O4S2/c1-25-15-7-9-16(10-8-15)28(23,24)22-13-11-21(12-14-22)19(27)20-17-5-3-4-6-18(17)26-2/h3-10H,11-14H2,1-2H3,(H,20,27). The molecule has 1 aliphatic rings. The minimum absolute atomic E-state index is 0.261. The van der Waals surface area contributed by atoms with Crippen molar-refractivity contribution in [2.24, 2.45) is 0 Å². The number of benzene rings is 2. The van der Waals surface area contributed by atoms with Gasteiger partial charge in [0.1, 0.15) is 11.5 Å². The lowest BCUT2D eigenvalue weighted by atomic mass is 10.3. The summed E-state index contributed by atoms with van der Waals surface area (Å²) in [6.07, 6.45) is 0. The van der Waals surface area contributed by atoms with Gasteiger partial charge in [0.05, 0.1) is 24.8 Å². The first-order chi connectivity index (χ1) is 13.5. The van der Waals surface area contributed by atoms with E-state index in [1.165, 1.54) is 4.31 Å². The molecule has 150 valence electrons. The molecule has 28 heavy (non-hydrogen) atoms. The van der Waals surface area contributed by atoms with E-state index >= 15 is 0 Å². The molecule has 0 radical (unpaired) electrons. The highest BCUT2D eigenvalue weighted by Gasteiger charge is 2.29. The van der Waals surface area contributed by atoms with Crippen LogP contribution < -0.4 is 14.8 Å². The van der Waals surface area contributed by atoms with Crippen molar-refractivity contribution in [2.75, 3.05) is 45.7 Å². The molecule has 0 bridgehead atoms. The van der Waals surface area contributed by atoms with E-state index in [0.717, 1.165) is 5.69 Å². The largest absolute Gasteiger partial charge is 0.497 e. The zero-order valence-electron chi connectivity index (χ0n) is 15.8. The van der Waals surface area contributed by atoms with Gasteiger partial charge < -0.3 is 19.7 Å². The normalized spacial score (nSPS) is 15.1. The molecule has 1 heterocycles. The number of rotatable bonds is 5. The van der Waals surface area contributed by atoms with Gasteiger partial charge in [0.2, 0.25) is 10.0 Å². The Morgan fingerprint density at radius 1 is 0.964 bits per heavy atom. The molecule has 1 aliphatic heterocycles. The summed E-state index contributed by atoms with van der Waals surface area (Å²) >= 11 is 5.49. The highest BCUT2D eigenvalue weighted by molar-refractivity contribution is 7.89. The number of hydrogen-bond donors (Lipinski definition) is 1. The quantitative estimate of drug-likeness (QED) is 0.744. The monoisotopic (exact) mass is 421 g/mol. The number of piperazine rings is 1. The van der Waals surface area contributed by atoms with Crippen LogP contribution in [0.5, 0.6) is 11.5 Å². The number of nitrogens with zero attached hydrogens (tertiary/aromatic N) is 2. The minimum Gasteiger partial charge on any atom is -0.497 e. The predicted molar refractivity (Wildman–Crippen MR) is 113 cm³/mol. The van der Waals surface area contributed by atoms with Crippen LogP contribution in [0.3, 0.4) is 0 Å². The SMILES string of the molecule is COc1ccc(S(=O)(=O)N2CCN(C(=S)Nc3ccccc3OC)CC2)cc1. The summed E-state index contributed by atoms with van der Waals surface area (Å²) in [4.78, 5) is 2.22. The summed E-state index contributed by atoms with van der Waals surface area (Å²) in [5.74, 6) is 1.32. The summed E-state index contributed by atoms with van der Waals surface area (Å²) in [6.45, 7) is 1.75. The first kappa shape index (κ1) is 20.4. The van der Waals surface area contributed by atoms with Crippen LogP contribution in [0.25, 0.3) is 0 Å². The zero-order valence-corrected chi connectivity index (χ0v) is 17.4. The number of para-hydroxylation sites is 2. The van der Waals surface area contributed by atoms with E-state index in [-0.39, 0.29) is 4.90 Å². The molecule has 3 rings (SSSR count). The third kappa shape index (κ3) is 4.37. The van der Waals surface area contributed by atoms with Gasteiger partial charge >= 0.3 is 0 Å². The Kier molecular flexibility index (Phi) is 6.38. The fourth-order valence-electron chi connectivity index (χ4n) is 2.97. The summed E-state index contributed by atoms with van der Waals surface area (Å²) in [6, 6.07) is 13.9. The van der Waals surface area contributed by atoms with Gasteiger partial charge in [-0.05, 0) is 48.6 Å². The van der Waals surface area contributed by atoms with Gasteiger partial charge in [0, 0.05) is 26.2 Å². The molecule has 1 saturated heterocycles. The molecule has 0 amide bonds.